The number of likely N-dealkylation sites (N-methyl/N-ethyl adjacent to an activating group) is 1. The lowest BCUT2D eigenvalue weighted by Gasteiger charge is -2.36. The highest BCUT2D eigenvalue weighted by atomic mass is 16.5. The maximum absolute atomic E-state index is 13.0. The van der Waals surface area contributed by atoms with Crippen molar-refractivity contribution >= 4 is 17.5 Å². The van der Waals surface area contributed by atoms with Crippen molar-refractivity contribution in [3.05, 3.63) is 41.0 Å². The Morgan fingerprint density at radius 3 is 2.51 bits per heavy atom. The van der Waals surface area contributed by atoms with Gasteiger partial charge in [-0.3, -0.25) is 9.59 Å². The third kappa shape index (κ3) is 6.28. The first-order valence-electron chi connectivity index (χ1n) is 12.9. The van der Waals surface area contributed by atoms with Crippen molar-refractivity contribution in [2.24, 2.45) is 11.8 Å². The fraction of sp³-hybridized carbons (Fsp3) is 0.630. The van der Waals surface area contributed by atoms with Crippen LogP contribution >= 0.6 is 0 Å². The van der Waals surface area contributed by atoms with E-state index in [9.17, 15) is 9.59 Å². The van der Waals surface area contributed by atoms with E-state index >= 15 is 0 Å². The molecule has 0 aliphatic heterocycles. The average Bonchev–Trinajstić information content (AvgIpc) is 3.53. The van der Waals surface area contributed by atoms with Crippen LogP contribution in [0.15, 0.2) is 18.2 Å². The molecule has 2 aliphatic rings. The summed E-state index contributed by atoms with van der Waals surface area (Å²) >= 11 is 0. The first-order valence-corrected chi connectivity index (χ1v) is 12.9. The zero-order valence-electron chi connectivity index (χ0n) is 21.6. The number of nitrogens with zero attached hydrogens (tertiary/aromatic N) is 3. The van der Waals surface area contributed by atoms with E-state index in [2.05, 4.69) is 39.2 Å². The SMILES string of the molecule is CNC(=O)CO[C@@H](CC(=O)Nc1ccc(C)cc1C)c1nnc(C2CC(CC(C)C)C2)n1C1CC1. The Balaban J connectivity index is 1.52. The third-order valence-electron chi connectivity index (χ3n) is 7.08. The lowest BCUT2D eigenvalue weighted by atomic mass is 9.71. The molecule has 0 radical (unpaired) electrons. The Morgan fingerprint density at radius 2 is 1.89 bits per heavy atom. The predicted molar refractivity (Wildman–Crippen MR) is 135 cm³/mol. The summed E-state index contributed by atoms with van der Waals surface area (Å²) in [6.07, 6.45) is 5.10. The van der Waals surface area contributed by atoms with Gasteiger partial charge in [-0.05, 0) is 69.4 Å². The minimum atomic E-state index is -0.647. The van der Waals surface area contributed by atoms with Gasteiger partial charge in [-0.15, -0.1) is 10.2 Å². The van der Waals surface area contributed by atoms with Crippen LogP contribution in [0, 0.1) is 25.7 Å². The molecule has 1 aromatic carbocycles. The van der Waals surface area contributed by atoms with Gasteiger partial charge in [0.25, 0.3) is 0 Å². The van der Waals surface area contributed by atoms with Gasteiger partial charge in [0.05, 0.1) is 6.42 Å². The molecule has 1 heterocycles. The first kappa shape index (κ1) is 25.4. The first-order chi connectivity index (χ1) is 16.7. The summed E-state index contributed by atoms with van der Waals surface area (Å²) < 4.78 is 8.20. The molecule has 2 fully saturated rings. The Bertz CT molecular complexity index is 1050. The monoisotopic (exact) mass is 481 g/mol. The Morgan fingerprint density at radius 1 is 1.14 bits per heavy atom. The summed E-state index contributed by atoms with van der Waals surface area (Å²) in [6.45, 7) is 8.41. The summed E-state index contributed by atoms with van der Waals surface area (Å²) in [7, 11) is 1.57. The molecule has 190 valence electrons. The number of amides is 2. The van der Waals surface area contributed by atoms with Crippen LogP contribution in [0.5, 0.6) is 0 Å². The van der Waals surface area contributed by atoms with E-state index < -0.39 is 6.10 Å². The van der Waals surface area contributed by atoms with Crippen LogP contribution < -0.4 is 10.6 Å². The highest BCUT2D eigenvalue weighted by molar-refractivity contribution is 5.91. The van der Waals surface area contributed by atoms with Crippen LogP contribution in [-0.2, 0) is 14.3 Å². The summed E-state index contributed by atoms with van der Waals surface area (Å²) in [4.78, 5) is 25.0. The Hall–Kier alpha value is -2.74. The van der Waals surface area contributed by atoms with Crippen molar-refractivity contribution < 1.29 is 14.3 Å². The van der Waals surface area contributed by atoms with Gasteiger partial charge in [-0.25, -0.2) is 0 Å². The minimum Gasteiger partial charge on any atom is -0.360 e. The lowest BCUT2D eigenvalue weighted by molar-refractivity contribution is -0.130. The molecule has 1 aromatic heterocycles. The fourth-order valence-corrected chi connectivity index (χ4v) is 5.12. The van der Waals surface area contributed by atoms with Crippen molar-refractivity contribution in [2.75, 3.05) is 19.0 Å². The molecule has 2 saturated carbocycles. The number of anilines is 1. The number of aromatic nitrogens is 3. The van der Waals surface area contributed by atoms with E-state index in [0.29, 0.717) is 23.7 Å². The molecule has 8 heteroatoms. The normalized spacial score (nSPS) is 20.4. The second kappa shape index (κ2) is 10.9. The maximum Gasteiger partial charge on any atom is 0.245 e. The van der Waals surface area contributed by atoms with Gasteiger partial charge in [0.15, 0.2) is 5.82 Å². The molecular formula is C27H39N5O3. The topological polar surface area (TPSA) is 98.1 Å². The molecule has 8 nitrogen and oxygen atoms in total. The molecule has 2 aliphatic carbocycles. The van der Waals surface area contributed by atoms with Crippen LogP contribution in [0.2, 0.25) is 0 Å². The third-order valence-corrected chi connectivity index (χ3v) is 7.08. The van der Waals surface area contributed by atoms with E-state index in [1.165, 1.54) is 6.42 Å². The molecule has 2 N–H and O–H groups in total. The molecule has 0 spiro atoms. The summed E-state index contributed by atoms with van der Waals surface area (Å²) in [5.41, 5.74) is 2.93. The van der Waals surface area contributed by atoms with Gasteiger partial charge in [0, 0.05) is 24.7 Å². The predicted octanol–water partition coefficient (Wildman–Crippen LogP) is 4.60. The van der Waals surface area contributed by atoms with Crippen molar-refractivity contribution in [1.29, 1.82) is 0 Å². The van der Waals surface area contributed by atoms with Crippen molar-refractivity contribution in [3.8, 4) is 0 Å². The standard InChI is InChI=1S/C27H39N5O3/c1-16(2)10-19-12-20(13-19)26-30-31-27(32(26)21-7-8-21)23(35-15-25(34)28-5)14-24(33)29-22-9-6-17(3)11-18(22)4/h6,9,11,16,19-21,23H,7-8,10,12-15H2,1-5H3,(H,28,34)(H,29,33)/t19?,20?,23-/m0/s1. The van der Waals surface area contributed by atoms with E-state index in [1.54, 1.807) is 7.05 Å². The maximum atomic E-state index is 13.0. The largest absolute Gasteiger partial charge is 0.360 e. The average molecular weight is 482 g/mol. The van der Waals surface area contributed by atoms with Crippen molar-refractivity contribution in [2.45, 2.75) is 84.3 Å². The Kier molecular flexibility index (Phi) is 7.89. The molecule has 0 saturated heterocycles. The fourth-order valence-electron chi connectivity index (χ4n) is 5.12. The number of hydrogen-bond acceptors (Lipinski definition) is 5. The number of aryl methyl sites for hydroxylation is 2. The van der Waals surface area contributed by atoms with Gasteiger partial charge < -0.3 is 19.9 Å². The minimum absolute atomic E-state index is 0.0653. The second-order valence-electron chi connectivity index (χ2n) is 10.7. The van der Waals surface area contributed by atoms with Crippen LogP contribution in [0.25, 0.3) is 0 Å². The highest BCUT2D eigenvalue weighted by Crippen LogP contribution is 2.47. The van der Waals surface area contributed by atoms with Crippen molar-refractivity contribution in [3.63, 3.8) is 0 Å². The zero-order chi connectivity index (χ0) is 25.1. The highest BCUT2D eigenvalue weighted by Gasteiger charge is 2.40. The summed E-state index contributed by atoms with van der Waals surface area (Å²) in [5, 5.41) is 14.7. The molecule has 0 bridgehead atoms. The van der Waals surface area contributed by atoms with Crippen molar-refractivity contribution in [1.82, 2.24) is 20.1 Å². The smallest absolute Gasteiger partial charge is 0.245 e. The van der Waals surface area contributed by atoms with E-state index in [4.69, 9.17) is 4.74 Å². The van der Waals surface area contributed by atoms with Crippen LogP contribution in [0.4, 0.5) is 5.69 Å². The summed E-state index contributed by atoms with van der Waals surface area (Å²) in [6, 6.07) is 6.28. The second-order valence-corrected chi connectivity index (χ2v) is 10.7. The van der Waals surface area contributed by atoms with Gasteiger partial charge in [-0.2, -0.15) is 0 Å². The number of nitrogens with one attached hydrogen (secondary N) is 2. The number of carbonyl (C=O) groups excluding carboxylic acids is 2. The van der Waals surface area contributed by atoms with E-state index in [-0.39, 0.29) is 24.8 Å². The molecular weight excluding hydrogens is 442 g/mol. The Labute approximate surface area is 208 Å². The van der Waals surface area contributed by atoms with Gasteiger partial charge in [0.1, 0.15) is 18.5 Å². The van der Waals surface area contributed by atoms with Crippen LogP contribution in [0.3, 0.4) is 0 Å². The van der Waals surface area contributed by atoms with Gasteiger partial charge in [0.2, 0.25) is 11.8 Å². The summed E-state index contributed by atoms with van der Waals surface area (Å²) in [5.74, 6) is 3.13. The van der Waals surface area contributed by atoms with Gasteiger partial charge >= 0.3 is 0 Å². The number of carbonyl (C=O) groups is 2. The zero-order valence-corrected chi connectivity index (χ0v) is 21.6. The lowest BCUT2D eigenvalue weighted by Crippen LogP contribution is -2.28. The molecule has 35 heavy (non-hydrogen) atoms. The van der Waals surface area contributed by atoms with Gasteiger partial charge in [-0.1, -0.05) is 31.5 Å². The van der Waals surface area contributed by atoms with E-state index in [0.717, 1.165) is 54.2 Å². The molecule has 0 unspecified atom stereocenters. The molecule has 2 amide bonds. The number of rotatable bonds is 11. The number of benzene rings is 1. The quantitative estimate of drug-likeness (QED) is 0.489. The van der Waals surface area contributed by atoms with Crippen LogP contribution in [-0.4, -0.2) is 40.2 Å². The van der Waals surface area contributed by atoms with Crippen LogP contribution in [0.1, 0.15) is 93.2 Å². The number of ether oxygens (including phenoxy) is 1. The number of hydrogen-bond donors (Lipinski definition) is 2. The molecule has 2 aromatic rings. The molecule has 4 rings (SSSR count). The van der Waals surface area contributed by atoms with E-state index in [1.807, 2.05) is 32.0 Å². The molecule has 1 atom stereocenters.